The Morgan fingerprint density at radius 3 is 2.58 bits per heavy atom. The van der Waals surface area contributed by atoms with E-state index in [1.807, 2.05) is 13.0 Å². The molecule has 1 aromatic carbocycles. The van der Waals surface area contributed by atoms with E-state index in [1.165, 1.54) is 4.31 Å². The lowest BCUT2D eigenvalue weighted by Gasteiger charge is -2.30. The number of nitrogens with one attached hydrogen (secondary N) is 1. The highest BCUT2D eigenvalue weighted by atomic mass is 32.2. The van der Waals surface area contributed by atoms with Crippen molar-refractivity contribution in [3.8, 4) is 11.4 Å². The molecule has 2 aromatic heterocycles. The fourth-order valence-electron chi connectivity index (χ4n) is 3.49. The molecule has 0 atom stereocenters. The van der Waals surface area contributed by atoms with Crippen LogP contribution < -0.4 is 5.32 Å². The summed E-state index contributed by atoms with van der Waals surface area (Å²) in [5.41, 5.74) is 1.58. The van der Waals surface area contributed by atoms with E-state index in [9.17, 15) is 13.2 Å². The first-order chi connectivity index (χ1) is 14.8. The van der Waals surface area contributed by atoms with E-state index in [-0.39, 0.29) is 29.8 Å². The molecule has 9 nitrogen and oxygen atoms in total. The molecule has 0 aliphatic carbocycles. The Bertz CT molecular complexity index is 1180. The molecular weight excluding hydrogens is 418 g/mol. The normalized spacial score (nSPS) is 15.7. The molecule has 1 aliphatic heterocycles. The zero-order valence-corrected chi connectivity index (χ0v) is 18.1. The quantitative estimate of drug-likeness (QED) is 0.647. The molecule has 10 heteroatoms. The van der Waals surface area contributed by atoms with Gasteiger partial charge in [0.15, 0.2) is 0 Å². The van der Waals surface area contributed by atoms with Gasteiger partial charge in [-0.2, -0.15) is 9.29 Å². The minimum Gasteiger partial charge on any atom is -0.339 e. The molecule has 3 aromatic rings. The van der Waals surface area contributed by atoms with Crippen molar-refractivity contribution in [2.24, 2.45) is 5.92 Å². The Morgan fingerprint density at radius 2 is 1.94 bits per heavy atom. The van der Waals surface area contributed by atoms with Crippen molar-refractivity contribution in [2.75, 3.05) is 18.4 Å². The highest BCUT2D eigenvalue weighted by Crippen LogP contribution is 2.27. The Balaban J connectivity index is 1.42. The number of nitrogens with zero attached hydrogens (tertiary/aromatic N) is 4. The fraction of sp³-hybridized carbons (Fsp3) is 0.333. The van der Waals surface area contributed by atoms with Crippen LogP contribution in [0.2, 0.25) is 0 Å². The Kier molecular flexibility index (Phi) is 5.84. The van der Waals surface area contributed by atoms with Gasteiger partial charge in [0.2, 0.25) is 27.6 Å². The lowest BCUT2D eigenvalue weighted by molar-refractivity contribution is -0.120. The maximum atomic E-state index is 13.1. The molecule has 1 amide bonds. The van der Waals surface area contributed by atoms with Crippen LogP contribution in [0.25, 0.3) is 11.4 Å². The molecule has 162 valence electrons. The molecule has 1 aliphatic rings. The van der Waals surface area contributed by atoms with Gasteiger partial charge in [0, 0.05) is 37.7 Å². The third kappa shape index (κ3) is 4.64. The topological polar surface area (TPSA) is 118 Å². The standard InChI is InChI=1S/C21H23N5O4S/c1-14-6-7-19(22-13-14)24-21(27)16-8-10-26(11-9-16)31(28,29)18-5-3-4-17(12-18)20-23-15(2)30-25-20/h3-7,12-13,16H,8-11H2,1-2H3,(H,22,24,27). The highest BCUT2D eigenvalue weighted by molar-refractivity contribution is 7.89. The van der Waals surface area contributed by atoms with Crippen LogP contribution in [0, 0.1) is 19.8 Å². The first-order valence-electron chi connectivity index (χ1n) is 9.97. The number of amides is 1. The first-order valence-corrected chi connectivity index (χ1v) is 11.4. The molecule has 0 spiro atoms. The number of pyridine rings is 1. The molecule has 0 saturated carbocycles. The number of anilines is 1. The summed E-state index contributed by atoms with van der Waals surface area (Å²) in [6.45, 7) is 4.14. The van der Waals surface area contributed by atoms with Gasteiger partial charge in [-0.05, 0) is 43.5 Å². The predicted molar refractivity (Wildman–Crippen MR) is 114 cm³/mol. The van der Waals surface area contributed by atoms with E-state index >= 15 is 0 Å². The van der Waals surface area contributed by atoms with Crippen molar-refractivity contribution in [3.63, 3.8) is 0 Å². The summed E-state index contributed by atoms with van der Waals surface area (Å²) in [7, 11) is -3.70. The van der Waals surface area contributed by atoms with E-state index in [0.29, 0.717) is 35.9 Å². The van der Waals surface area contributed by atoms with E-state index in [1.54, 1.807) is 43.5 Å². The number of rotatable bonds is 5. The Morgan fingerprint density at radius 1 is 1.16 bits per heavy atom. The molecule has 31 heavy (non-hydrogen) atoms. The zero-order valence-electron chi connectivity index (χ0n) is 17.3. The van der Waals surface area contributed by atoms with Crippen LogP contribution >= 0.6 is 0 Å². The molecule has 3 heterocycles. The smallest absolute Gasteiger partial charge is 0.243 e. The molecule has 0 unspecified atom stereocenters. The average molecular weight is 442 g/mol. The van der Waals surface area contributed by atoms with Gasteiger partial charge in [-0.15, -0.1) is 0 Å². The Hall–Kier alpha value is -3.11. The van der Waals surface area contributed by atoms with Crippen molar-refractivity contribution in [2.45, 2.75) is 31.6 Å². The highest BCUT2D eigenvalue weighted by Gasteiger charge is 2.32. The van der Waals surface area contributed by atoms with Gasteiger partial charge in [-0.3, -0.25) is 4.79 Å². The number of sulfonamides is 1. The van der Waals surface area contributed by atoms with Crippen LogP contribution in [0.4, 0.5) is 5.82 Å². The summed E-state index contributed by atoms with van der Waals surface area (Å²) >= 11 is 0. The minimum absolute atomic E-state index is 0.136. The van der Waals surface area contributed by atoms with Crippen LogP contribution in [0.1, 0.15) is 24.3 Å². The zero-order chi connectivity index (χ0) is 22.0. The van der Waals surface area contributed by atoms with Gasteiger partial charge >= 0.3 is 0 Å². The number of aryl methyl sites for hydroxylation is 2. The molecule has 0 bridgehead atoms. The SMILES string of the molecule is Cc1ccc(NC(=O)C2CCN(S(=O)(=O)c3cccc(-c4noc(C)n4)c3)CC2)nc1. The molecule has 4 rings (SSSR count). The van der Waals surface area contributed by atoms with Crippen molar-refractivity contribution in [1.29, 1.82) is 0 Å². The lowest BCUT2D eigenvalue weighted by atomic mass is 9.97. The van der Waals surface area contributed by atoms with Crippen LogP contribution in [0.15, 0.2) is 52.0 Å². The van der Waals surface area contributed by atoms with E-state index in [4.69, 9.17) is 4.52 Å². The van der Waals surface area contributed by atoms with Crippen LogP contribution in [0.3, 0.4) is 0 Å². The summed E-state index contributed by atoms with van der Waals surface area (Å²) < 4.78 is 32.7. The van der Waals surface area contributed by atoms with Crippen LogP contribution in [0.5, 0.6) is 0 Å². The van der Waals surface area contributed by atoms with E-state index < -0.39 is 10.0 Å². The van der Waals surface area contributed by atoms with Gasteiger partial charge in [0.05, 0.1) is 4.90 Å². The molecule has 0 radical (unpaired) electrons. The maximum absolute atomic E-state index is 13.1. The fourth-order valence-corrected chi connectivity index (χ4v) is 5.01. The van der Waals surface area contributed by atoms with Crippen LogP contribution in [-0.4, -0.2) is 46.8 Å². The summed E-state index contributed by atoms with van der Waals surface area (Å²) in [6, 6.07) is 10.1. The Labute approximate surface area is 180 Å². The third-order valence-corrected chi connectivity index (χ3v) is 7.14. The van der Waals surface area contributed by atoms with Gasteiger partial charge in [-0.25, -0.2) is 13.4 Å². The summed E-state index contributed by atoms with van der Waals surface area (Å²) in [6.07, 6.45) is 2.58. The number of hydrogen-bond acceptors (Lipinski definition) is 7. The monoisotopic (exact) mass is 441 g/mol. The van der Waals surface area contributed by atoms with Crippen molar-refractivity contribution < 1.29 is 17.7 Å². The van der Waals surface area contributed by atoms with E-state index in [0.717, 1.165) is 5.56 Å². The molecular formula is C21H23N5O4S. The second-order valence-electron chi connectivity index (χ2n) is 7.55. The molecule has 1 saturated heterocycles. The van der Waals surface area contributed by atoms with Crippen molar-refractivity contribution >= 4 is 21.7 Å². The number of benzene rings is 1. The maximum Gasteiger partial charge on any atom is 0.243 e. The van der Waals surface area contributed by atoms with Gasteiger partial charge in [0.25, 0.3) is 0 Å². The second kappa shape index (κ2) is 8.56. The number of hydrogen-bond donors (Lipinski definition) is 1. The van der Waals surface area contributed by atoms with Crippen molar-refractivity contribution in [1.82, 2.24) is 19.4 Å². The van der Waals surface area contributed by atoms with Gasteiger partial charge < -0.3 is 9.84 Å². The largest absolute Gasteiger partial charge is 0.339 e. The van der Waals surface area contributed by atoms with Crippen molar-refractivity contribution in [3.05, 3.63) is 54.0 Å². The third-order valence-electron chi connectivity index (χ3n) is 5.24. The van der Waals surface area contributed by atoms with E-state index in [2.05, 4.69) is 20.4 Å². The number of aromatic nitrogens is 3. The first kappa shape index (κ1) is 21.1. The summed E-state index contributed by atoms with van der Waals surface area (Å²) in [5, 5.41) is 6.66. The van der Waals surface area contributed by atoms with Gasteiger partial charge in [0.1, 0.15) is 5.82 Å². The number of carbonyl (C=O) groups excluding carboxylic acids is 1. The molecule has 1 N–H and O–H groups in total. The average Bonchev–Trinajstić information content (AvgIpc) is 3.22. The molecule has 1 fully saturated rings. The number of carbonyl (C=O) groups is 1. The van der Waals surface area contributed by atoms with Gasteiger partial charge in [-0.1, -0.05) is 23.4 Å². The number of piperidine rings is 1. The minimum atomic E-state index is -3.70. The van der Waals surface area contributed by atoms with Crippen LogP contribution in [-0.2, 0) is 14.8 Å². The second-order valence-corrected chi connectivity index (χ2v) is 9.49. The summed E-state index contributed by atoms with van der Waals surface area (Å²) in [4.78, 5) is 21.0. The predicted octanol–water partition coefficient (Wildman–Crippen LogP) is 2.79. The lowest BCUT2D eigenvalue weighted by Crippen LogP contribution is -2.41. The summed E-state index contributed by atoms with van der Waals surface area (Å²) in [5.74, 6) is 0.851.